The van der Waals surface area contributed by atoms with Crippen LogP contribution in [-0.2, 0) is 16.6 Å². The minimum atomic E-state index is -3.59. The number of hydrogen-bond donors (Lipinski definition) is 0. The Morgan fingerprint density at radius 1 is 1.00 bits per heavy atom. The molecule has 0 aliphatic rings. The van der Waals surface area contributed by atoms with Crippen molar-refractivity contribution >= 4 is 15.9 Å². The first-order valence-electron chi connectivity index (χ1n) is 9.12. The van der Waals surface area contributed by atoms with Crippen LogP contribution < -0.4 is 0 Å². The molecule has 0 unspecified atom stereocenters. The van der Waals surface area contributed by atoms with Crippen LogP contribution in [0.3, 0.4) is 0 Å². The highest BCUT2D eigenvalue weighted by molar-refractivity contribution is 7.89. The summed E-state index contributed by atoms with van der Waals surface area (Å²) in [6.07, 6.45) is 0. The molecule has 146 valence electrons. The number of rotatable bonds is 7. The number of amides is 1. The molecule has 6 heteroatoms. The van der Waals surface area contributed by atoms with Gasteiger partial charge in [0.15, 0.2) is 0 Å². The van der Waals surface area contributed by atoms with E-state index in [-0.39, 0.29) is 10.8 Å². The van der Waals surface area contributed by atoms with E-state index in [1.807, 2.05) is 26.0 Å². The van der Waals surface area contributed by atoms with Crippen molar-refractivity contribution in [3.8, 4) is 0 Å². The summed E-state index contributed by atoms with van der Waals surface area (Å²) in [6.45, 7) is 8.91. The molecule has 2 aromatic rings. The fourth-order valence-electron chi connectivity index (χ4n) is 3.07. The SMILES string of the molecule is CCN(CC)S(=O)(=O)c1cccc(C(=O)N(C)Cc2ccc(C)cc2C)c1. The van der Waals surface area contributed by atoms with Crippen molar-refractivity contribution in [1.82, 2.24) is 9.21 Å². The van der Waals surface area contributed by atoms with Gasteiger partial charge in [-0.15, -0.1) is 0 Å². The van der Waals surface area contributed by atoms with E-state index in [9.17, 15) is 13.2 Å². The molecule has 0 saturated heterocycles. The van der Waals surface area contributed by atoms with Crippen LogP contribution in [0.5, 0.6) is 0 Å². The summed E-state index contributed by atoms with van der Waals surface area (Å²) >= 11 is 0. The molecular weight excluding hydrogens is 360 g/mol. The molecule has 0 atom stereocenters. The minimum Gasteiger partial charge on any atom is -0.337 e. The van der Waals surface area contributed by atoms with Gasteiger partial charge in [0.2, 0.25) is 10.0 Å². The highest BCUT2D eigenvalue weighted by Crippen LogP contribution is 2.19. The van der Waals surface area contributed by atoms with Crippen LogP contribution in [0.4, 0.5) is 0 Å². The standard InChI is InChI=1S/C21H28N2O3S/c1-6-23(7-2)27(25,26)20-10-8-9-18(14-20)21(24)22(5)15-19-12-11-16(3)13-17(19)4/h8-14H,6-7,15H2,1-5H3. The van der Waals surface area contributed by atoms with E-state index in [0.29, 0.717) is 25.2 Å². The van der Waals surface area contributed by atoms with Crippen molar-refractivity contribution in [2.45, 2.75) is 39.1 Å². The van der Waals surface area contributed by atoms with Crippen LogP contribution in [0.2, 0.25) is 0 Å². The van der Waals surface area contributed by atoms with Crippen molar-refractivity contribution in [1.29, 1.82) is 0 Å². The summed E-state index contributed by atoms with van der Waals surface area (Å²) in [5, 5.41) is 0. The van der Waals surface area contributed by atoms with Crippen molar-refractivity contribution in [3.63, 3.8) is 0 Å². The lowest BCUT2D eigenvalue weighted by Gasteiger charge is -2.21. The molecule has 0 aliphatic carbocycles. The second-order valence-corrected chi connectivity index (χ2v) is 8.65. The molecule has 0 aromatic heterocycles. The number of aryl methyl sites for hydroxylation is 2. The Morgan fingerprint density at radius 3 is 2.26 bits per heavy atom. The number of carbonyl (C=O) groups excluding carboxylic acids is 1. The molecule has 2 aromatic carbocycles. The molecule has 0 saturated carbocycles. The van der Waals surface area contributed by atoms with E-state index in [1.165, 1.54) is 22.0 Å². The van der Waals surface area contributed by atoms with Gasteiger partial charge in [-0.25, -0.2) is 8.42 Å². The molecule has 0 N–H and O–H groups in total. The Bertz CT molecular complexity index is 919. The number of nitrogens with zero attached hydrogens (tertiary/aromatic N) is 2. The average Bonchev–Trinajstić information content (AvgIpc) is 2.64. The van der Waals surface area contributed by atoms with Gasteiger partial charge in [-0.1, -0.05) is 43.7 Å². The van der Waals surface area contributed by atoms with Gasteiger partial charge in [-0.2, -0.15) is 4.31 Å². The van der Waals surface area contributed by atoms with Crippen LogP contribution in [0.15, 0.2) is 47.4 Å². The minimum absolute atomic E-state index is 0.150. The Balaban J connectivity index is 2.26. The summed E-state index contributed by atoms with van der Waals surface area (Å²) in [5.41, 5.74) is 3.76. The van der Waals surface area contributed by atoms with E-state index in [4.69, 9.17) is 0 Å². The van der Waals surface area contributed by atoms with Crippen LogP contribution in [0, 0.1) is 13.8 Å². The number of benzene rings is 2. The van der Waals surface area contributed by atoms with E-state index >= 15 is 0 Å². The zero-order valence-electron chi connectivity index (χ0n) is 16.7. The van der Waals surface area contributed by atoms with E-state index in [1.54, 1.807) is 37.9 Å². The van der Waals surface area contributed by atoms with Gasteiger partial charge in [0.25, 0.3) is 5.91 Å². The Kier molecular flexibility index (Phi) is 6.78. The zero-order valence-corrected chi connectivity index (χ0v) is 17.5. The Labute approximate surface area is 162 Å². The van der Waals surface area contributed by atoms with Crippen LogP contribution in [-0.4, -0.2) is 43.7 Å². The maximum Gasteiger partial charge on any atom is 0.253 e. The molecular formula is C21H28N2O3S. The number of hydrogen-bond acceptors (Lipinski definition) is 3. The van der Waals surface area contributed by atoms with Gasteiger partial charge in [0, 0.05) is 32.2 Å². The second kappa shape index (κ2) is 8.67. The van der Waals surface area contributed by atoms with Crippen molar-refractivity contribution in [2.24, 2.45) is 0 Å². The lowest BCUT2D eigenvalue weighted by molar-refractivity contribution is 0.0784. The van der Waals surface area contributed by atoms with Crippen LogP contribution >= 0.6 is 0 Å². The highest BCUT2D eigenvalue weighted by Gasteiger charge is 2.23. The first kappa shape index (κ1) is 21.1. The van der Waals surface area contributed by atoms with Crippen molar-refractivity contribution in [2.75, 3.05) is 20.1 Å². The van der Waals surface area contributed by atoms with E-state index in [0.717, 1.165) is 11.1 Å². The second-order valence-electron chi connectivity index (χ2n) is 6.71. The molecule has 5 nitrogen and oxygen atoms in total. The molecule has 0 aliphatic heterocycles. The summed E-state index contributed by atoms with van der Waals surface area (Å²) in [6, 6.07) is 12.4. The first-order chi connectivity index (χ1) is 12.7. The fourth-order valence-corrected chi connectivity index (χ4v) is 4.58. The van der Waals surface area contributed by atoms with Gasteiger partial charge in [0.1, 0.15) is 0 Å². The zero-order chi connectivity index (χ0) is 20.2. The maximum atomic E-state index is 12.8. The van der Waals surface area contributed by atoms with Crippen molar-refractivity contribution in [3.05, 3.63) is 64.7 Å². The van der Waals surface area contributed by atoms with Crippen LogP contribution in [0.25, 0.3) is 0 Å². The topological polar surface area (TPSA) is 57.7 Å². The Hall–Kier alpha value is -2.18. The van der Waals surface area contributed by atoms with Crippen LogP contribution in [0.1, 0.15) is 40.9 Å². The molecule has 2 rings (SSSR count). The van der Waals surface area contributed by atoms with Gasteiger partial charge >= 0.3 is 0 Å². The van der Waals surface area contributed by atoms with Gasteiger partial charge in [-0.3, -0.25) is 4.79 Å². The Morgan fingerprint density at radius 2 is 1.67 bits per heavy atom. The third-order valence-corrected chi connectivity index (χ3v) is 6.72. The number of sulfonamides is 1. The normalized spacial score (nSPS) is 11.6. The molecule has 1 amide bonds. The van der Waals surface area contributed by atoms with Crippen molar-refractivity contribution < 1.29 is 13.2 Å². The summed E-state index contributed by atoms with van der Waals surface area (Å²) in [5.74, 6) is -0.202. The molecule has 0 radical (unpaired) electrons. The lowest BCUT2D eigenvalue weighted by atomic mass is 10.1. The summed E-state index contributed by atoms with van der Waals surface area (Å²) < 4.78 is 26.8. The first-order valence-corrected chi connectivity index (χ1v) is 10.6. The highest BCUT2D eigenvalue weighted by atomic mass is 32.2. The van der Waals surface area contributed by atoms with Gasteiger partial charge in [0.05, 0.1) is 4.90 Å². The quantitative estimate of drug-likeness (QED) is 0.728. The number of carbonyl (C=O) groups is 1. The molecule has 0 fully saturated rings. The smallest absolute Gasteiger partial charge is 0.253 e. The van der Waals surface area contributed by atoms with Gasteiger partial charge < -0.3 is 4.90 Å². The third kappa shape index (κ3) is 4.76. The fraction of sp³-hybridized carbons (Fsp3) is 0.381. The third-order valence-electron chi connectivity index (χ3n) is 4.68. The maximum absolute atomic E-state index is 12.8. The monoisotopic (exact) mass is 388 g/mol. The predicted octanol–water partition coefficient (Wildman–Crippen LogP) is 3.61. The van der Waals surface area contributed by atoms with Gasteiger partial charge in [-0.05, 0) is 43.2 Å². The molecule has 27 heavy (non-hydrogen) atoms. The lowest BCUT2D eigenvalue weighted by Crippen LogP contribution is -2.31. The molecule has 0 heterocycles. The molecule has 0 bridgehead atoms. The summed E-state index contributed by atoms with van der Waals surface area (Å²) in [7, 11) is -1.86. The predicted molar refractivity (Wildman–Crippen MR) is 108 cm³/mol. The largest absolute Gasteiger partial charge is 0.337 e. The van der Waals surface area contributed by atoms with E-state index in [2.05, 4.69) is 6.07 Å². The molecule has 0 spiro atoms. The average molecular weight is 389 g/mol. The van der Waals surface area contributed by atoms with E-state index < -0.39 is 10.0 Å². The summed E-state index contributed by atoms with van der Waals surface area (Å²) in [4.78, 5) is 14.6.